The molecule has 0 saturated heterocycles. The molecule has 1 heterocycles. The summed E-state index contributed by atoms with van der Waals surface area (Å²) in [4.78, 5) is 26.6. The van der Waals surface area contributed by atoms with Crippen LogP contribution in [-0.4, -0.2) is 37.6 Å². The summed E-state index contributed by atoms with van der Waals surface area (Å²) in [6.45, 7) is 2.75. The van der Waals surface area contributed by atoms with Crippen molar-refractivity contribution in [2.75, 3.05) is 7.11 Å². The number of sulfonamides is 1. The van der Waals surface area contributed by atoms with Gasteiger partial charge in [0.25, 0.3) is 5.91 Å². The third kappa shape index (κ3) is 3.74. The summed E-state index contributed by atoms with van der Waals surface area (Å²) < 4.78 is 30.2. The molecule has 1 aromatic rings. The minimum atomic E-state index is -3.98. The molecule has 1 amide bonds. The molecule has 1 rings (SSSR count). The second kappa shape index (κ2) is 6.11. The molecular weight excluding hydrogens is 292 g/mol. The lowest BCUT2D eigenvalue weighted by molar-refractivity contribution is -0.144. The summed E-state index contributed by atoms with van der Waals surface area (Å²) in [6, 6.07) is 0. The summed E-state index contributed by atoms with van der Waals surface area (Å²) in [5.74, 6) is -2.35. The number of carbonyl (C=O) groups excluding carboxylic acids is 2. The highest BCUT2D eigenvalue weighted by Gasteiger charge is 2.33. The lowest BCUT2D eigenvalue weighted by Gasteiger charge is -2.18. The van der Waals surface area contributed by atoms with Gasteiger partial charge < -0.3 is 4.74 Å². The maximum absolute atomic E-state index is 11.9. The van der Waals surface area contributed by atoms with Crippen LogP contribution in [0.2, 0.25) is 0 Å². The number of nitrogens with zero attached hydrogens (tertiary/aromatic N) is 1. The largest absolute Gasteiger partial charge is 0.469 e. The third-order valence-electron chi connectivity index (χ3n) is 2.67. The SMILES string of the molecule is COC(=O)[C@H](C)[C@@H](C)S(=O)(=O)NC(=O)c1cscn1. The van der Waals surface area contributed by atoms with E-state index in [4.69, 9.17) is 0 Å². The second-order valence-electron chi connectivity index (χ2n) is 3.87. The molecule has 106 valence electrons. The Morgan fingerprint density at radius 1 is 1.42 bits per heavy atom. The molecule has 9 heteroatoms. The Hall–Kier alpha value is -1.48. The number of thiazole rings is 1. The number of amides is 1. The fourth-order valence-corrected chi connectivity index (χ4v) is 2.97. The highest BCUT2D eigenvalue weighted by Crippen LogP contribution is 2.13. The molecule has 0 radical (unpaired) electrons. The second-order valence-corrected chi connectivity index (χ2v) is 6.62. The molecule has 2 atom stereocenters. The lowest BCUT2D eigenvalue weighted by Crippen LogP contribution is -2.42. The Balaban J connectivity index is 2.81. The van der Waals surface area contributed by atoms with Gasteiger partial charge in [-0.1, -0.05) is 6.92 Å². The minimum absolute atomic E-state index is 0.0199. The summed E-state index contributed by atoms with van der Waals surface area (Å²) in [5, 5.41) is 0.335. The summed E-state index contributed by atoms with van der Waals surface area (Å²) in [5.41, 5.74) is 1.44. The van der Waals surface area contributed by atoms with Crippen molar-refractivity contribution in [3.63, 3.8) is 0 Å². The van der Waals surface area contributed by atoms with Gasteiger partial charge in [0.05, 0.1) is 23.8 Å². The topological polar surface area (TPSA) is 102 Å². The van der Waals surface area contributed by atoms with Gasteiger partial charge in [-0.15, -0.1) is 11.3 Å². The van der Waals surface area contributed by atoms with Gasteiger partial charge in [-0.2, -0.15) is 0 Å². The molecule has 0 spiro atoms. The van der Waals surface area contributed by atoms with Gasteiger partial charge in [0.1, 0.15) is 5.69 Å². The van der Waals surface area contributed by atoms with Crippen molar-refractivity contribution in [1.82, 2.24) is 9.71 Å². The first-order chi connectivity index (χ1) is 8.79. The number of hydrogen-bond acceptors (Lipinski definition) is 7. The molecule has 0 saturated carbocycles. The van der Waals surface area contributed by atoms with Crippen LogP contribution in [-0.2, 0) is 19.6 Å². The maximum atomic E-state index is 11.9. The molecular formula is C10H14N2O5S2. The van der Waals surface area contributed by atoms with Crippen molar-refractivity contribution in [3.05, 3.63) is 16.6 Å². The number of nitrogens with one attached hydrogen (secondary N) is 1. The maximum Gasteiger partial charge on any atom is 0.309 e. The van der Waals surface area contributed by atoms with Gasteiger partial charge in [0.2, 0.25) is 10.0 Å². The first-order valence-electron chi connectivity index (χ1n) is 5.31. The molecule has 0 bridgehead atoms. The predicted molar refractivity (Wildman–Crippen MR) is 69.1 cm³/mol. The quantitative estimate of drug-likeness (QED) is 0.790. The predicted octanol–water partition coefficient (Wildman–Crippen LogP) is 0.400. The number of rotatable bonds is 5. The van der Waals surface area contributed by atoms with Crippen LogP contribution in [0.5, 0.6) is 0 Å². The van der Waals surface area contributed by atoms with E-state index in [2.05, 4.69) is 9.72 Å². The van der Waals surface area contributed by atoms with Crippen LogP contribution < -0.4 is 4.72 Å². The minimum Gasteiger partial charge on any atom is -0.469 e. The Morgan fingerprint density at radius 2 is 2.05 bits per heavy atom. The van der Waals surface area contributed by atoms with Gasteiger partial charge in [-0.25, -0.2) is 18.1 Å². The fourth-order valence-electron chi connectivity index (χ4n) is 1.25. The van der Waals surface area contributed by atoms with E-state index in [1.807, 2.05) is 4.72 Å². The van der Waals surface area contributed by atoms with Gasteiger partial charge >= 0.3 is 5.97 Å². The number of aromatic nitrogens is 1. The normalized spacial score (nSPS) is 14.5. The van der Waals surface area contributed by atoms with E-state index >= 15 is 0 Å². The van der Waals surface area contributed by atoms with Crippen LogP contribution in [0.15, 0.2) is 10.9 Å². The molecule has 0 aliphatic heterocycles. The molecule has 1 aromatic heterocycles. The van der Waals surface area contributed by atoms with Gasteiger partial charge in [0.15, 0.2) is 0 Å². The van der Waals surface area contributed by atoms with Gasteiger partial charge in [0, 0.05) is 5.38 Å². The Morgan fingerprint density at radius 3 is 2.53 bits per heavy atom. The number of ether oxygens (including phenoxy) is 1. The molecule has 0 unspecified atom stereocenters. The molecule has 7 nitrogen and oxygen atoms in total. The molecule has 0 fully saturated rings. The van der Waals surface area contributed by atoms with E-state index < -0.39 is 33.1 Å². The van der Waals surface area contributed by atoms with Crippen molar-refractivity contribution in [2.45, 2.75) is 19.1 Å². The molecule has 0 aliphatic rings. The third-order valence-corrected chi connectivity index (χ3v) is 5.11. The average molecular weight is 306 g/mol. The van der Waals surface area contributed by atoms with E-state index in [0.717, 1.165) is 0 Å². The van der Waals surface area contributed by atoms with Crippen LogP contribution in [0.4, 0.5) is 0 Å². The Bertz CT molecular complexity index is 552. The Labute approximate surface area is 115 Å². The zero-order chi connectivity index (χ0) is 14.6. The van der Waals surface area contributed by atoms with Gasteiger partial charge in [-0.05, 0) is 6.92 Å². The smallest absolute Gasteiger partial charge is 0.309 e. The summed E-state index contributed by atoms with van der Waals surface area (Å²) in [6.07, 6.45) is 0. The first kappa shape index (κ1) is 15.6. The molecule has 1 N–H and O–H groups in total. The van der Waals surface area contributed by atoms with E-state index in [1.54, 1.807) is 0 Å². The fraction of sp³-hybridized carbons (Fsp3) is 0.500. The highest BCUT2D eigenvalue weighted by atomic mass is 32.2. The van der Waals surface area contributed by atoms with E-state index in [1.165, 1.54) is 43.2 Å². The zero-order valence-electron chi connectivity index (χ0n) is 10.6. The van der Waals surface area contributed by atoms with Crippen molar-refractivity contribution >= 4 is 33.2 Å². The van der Waals surface area contributed by atoms with Crippen molar-refractivity contribution in [3.8, 4) is 0 Å². The zero-order valence-corrected chi connectivity index (χ0v) is 12.2. The number of carbonyl (C=O) groups is 2. The number of methoxy groups -OCH3 is 1. The molecule has 19 heavy (non-hydrogen) atoms. The van der Waals surface area contributed by atoms with Crippen LogP contribution >= 0.6 is 11.3 Å². The van der Waals surface area contributed by atoms with E-state index in [9.17, 15) is 18.0 Å². The lowest BCUT2D eigenvalue weighted by atomic mass is 10.1. The van der Waals surface area contributed by atoms with Crippen LogP contribution in [0.1, 0.15) is 24.3 Å². The van der Waals surface area contributed by atoms with Gasteiger partial charge in [-0.3, -0.25) is 9.59 Å². The first-order valence-corrected chi connectivity index (χ1v) is 7.80. The molecule has 0 aromatic carbocycles. The van der Waals surface area contributed by atoms with E-state index in [0.29, 0.717) is 0 Å². The summed E-state index contributed by atoms with van der Waals surface area (Å²) >= 11 is 1.18. The van der Waals surface area contributed by atoms with Crippen molar-refractivity contribution < 1.29 is 22.7 Å². The monoisotopic (exact) mass is 306 g/mol. The average Bonchev–Trinajstić information content (AvgIpc) is 2.89. The summed E-state index contributed by atoms with van der Waals surface area (Å²) in [7, 11) is -2.80. The van der Waals surface area contributed by atoms with Crippen LogP contribution in [0.3, 0.4) is 0 Å². The van der Waals surface area contributed by atoms with Crippen LogP contribution in [0.25, 0.3) is 0 Å². The Kier molecular flexibility index (Phi) is 5.01. The van der Waals surface area contributed by atoms with Crippen LogP contribution in [0, 0.1) is 5.92 Å². The number of hydrogen-bond donors (Lipinski definition) is 1. The molecule has 0 aliphatic carbocycles. The standard InChI is InChI=1S/C10H14N2O5S2/c1-6(10(14)17-3)7(2)19(15,16)12-9(13)8-4-18-5-11-8/h4-7H,1-3H3,(H,12,13)/t6-,7-/m1/s1. The number of esters is 1. The van der Waals surface area contributed by atoms with Crippen molar-refractivity contribution in [2.24, 2.45) is 5.92 Å². The van der Waals surface area contributed by atoms with Crippen molar-refractivity contribution in [1.29, 1.82) is 0 Å². The van der Waals surface area contributed by atoms with E-state index in [-0.39, 0.29) is 5.69 Å². The highest BCUT2D eigenvalue weighted by molar-refractivity contribution is 7.90.